The van der Waals surface area contributed by atoms with E-state index in [1.165, 1.54) is 4.90 Å². The molecule has 1 saturated heterocycles. The van der Waals surface area contributed by atoms with E-state index < -0.39 is 0 Å². The Labute approximate surface area is 174 Å². The lowest BCUT2D eigenvalue weighted by atomic mass is 10.2. The zero-order chi connectivity index (χ0) is 20.2. The van der Waals surface area contributed by atoms with Crippen molar-refractivity contribution in [1.29, 1.82) is 0 Å². The smallest absolute Gasteiger partial charge is 0.244 e. The van der Waals surface area contributed by atoms with Crippen molar-refractivity contribution in [2.45, 2.75) is 6.42 Å². The van der Waals surface area contributed by atoms with Gasteiger partial charge in [-0.1, -0.05) is 23.7 Å². The van der Waals surface area contributed by atoms with Crippen molar-refractivity contribution in [1.82, 2.24) is 0 Å². The summed E-state index contributed by atoms with van der Waals surface area (Å²) in [6.07, 6.45) is 0.220. The average Bonchev–Trinajstić information content (AvgIpc) is 2.88. The third kappa shape index (κ3) is 4.46. The molecule has 2 amide bonds. The number of fused-ring (bicyclic) bond motifs is 1. The highest BCUT2D eigenvalue weighted by Gasteiger charge is 2.25. The van der Waals surface area contributed by atoms with Gasteiger partial charge in [0.2, 0.25) is 11.8 Å². The number of amides is 2. The summed E-state index contributed by atoms with van der Waals surface area (Å²) in [7, 11) is 0. The van der Waals surface area contributed by atoms with Crippen molar-refractivity contribution in [2.75, 3.05) is 54.6 Å². The van der Waals surface area contributed by atoms with E-state index in [0.717, 1.165) is 18.8 Å². The van der Waals surface area contributed by atoms with Crippen molar-refractivity contribution < 1.29 is 19.1 Å². The number of halogens is 1. The van der Waals surface area contributed by atoms with Crippen LogP contribution in [0.5, 0.6) is 5.75 Å². The molecule has 7 nitrogen and oxygen atoms in total. The van der Waals surface area contributed by atoms with Crippen LogP contribution < -0.4 is 19.9 Å². The van der Waals surface area contributed by atoms with E-state index in [2.05, 4.69) is 10.2 Å². The molecule has 2 heterocycles. The first-order valence-electron chi connectivity index (χ1n) is 9.56. The van der Waals surface area contributed by atoms with Crippen molar-refractivity contribution in [3.63, 3.8) is 0 Å². The maximum Gasteiger partial charge on any atom is 0.244 e. The zero-order valence-corrected chi connectivity index (χ0v) is 16.7. The summed E-state index contributed by atoms with van der Waals surface area (Å²) in [6.45, 7) is 2.93. The molecule has 2 aliphatic heterocycles. The quantitative estimate of drug-likeness (QED) is 0.831. The van der Waals surface area contributed by atoms with Gasteiger partial charge in [-0.05, 0) is 30.3 Å². The molecule has 2 aliphatic rings. The summed E-state index contributed by atoms with van der Waals surface area (Å²) in [4.78, 5) is 29.0. The SMILES string of the molecule is O=C(CN1C(=O)CCOc2ccccc21)Nc1cc(Cl)ccc1N1CCOCC1. The molecule has 0 spiro atoms. The lowest BCUT2D eigenvalue weighted by molar-refractivity contribution is -0.121. The summed E-state index contributed by atoms with van der Waals surface area (Å²) in [6, 6.07) is 12.7. The number of carbonyl (C=O) groups is 2. The average molecular weight is 416 g/mol. The molecule has 0 aromatic heterocycles. The summed E-state index contributed by atoms with van der Waals surface area (Å²) < 4.78 is 11.0. The molecule has 29 heavy (non-hydrogen) atoms. The van der Waals surface area contributed by atoms with Crippen LogP contribution in [0.1, 0.15) is 6.42 Å². The highest BCUT2D eigenvalue weighted by molar-refractivity contribution is 6.31. The minimum atomic E-state index is -0.299. The van der Waals surface area contributed by atoms with Gasteiger partial charge in [0.05, 0.1) is 43.3 Å². The Bertz CT molecular complexity index is 915. The van der Waals surface area contributed by atoms with Gasteiger partial charge in [-0.15, -0.1) is 0 Å². The molecule has 2 aromatic carbocycles. The van der Waals surface area contributed by atoms with E-state index in [4.69, 9.17) is 21.1 Å². The number of anilines is 3. The number of carbonyl (C=O) groups excluding carboxylic acids is 2. The lowest BCUT2D eigenvalue weighted by Gasteiger charge is -2.31. The number of benzene rings is 2. The number of hydrogen-bond acceptors (Lipinski definition) is 5. The Morgan fingerprint density at radius 2 is 1.86 bits per heavy atom. The lowest BCUT2D eigenvalue weighted by Crippen LogP contribution is -2.39. The maximum atomic E-state index is 12.9. The summed E-state index contributed by atoms with van der Waals surface area (Å²) >= 11 is 6.17. The first-order chi connectivity index (χ1) is 14.1. The second-order valence-electron chi connectivity index (χ2n) is 6.86. The predicted octanol–water partition coefficient (Wildman–Crippen LogP) is 2.93. The first kappa shape index (κ1) is 19.5. The third-order valence-electron chi connectivity index (χ3n) is 4.92. The van der Waals surface area contributed by atoms with Gasteiger partial charge in [0.15, 0.2) is 0 Å². The van der Waals surface area contributed by atoms with Gasteiger partial charge in [-0.2, -0.15) is 0 Å². The Kier molecular flexibility index (Phi) is 5.87. The predicted molar refractivity (Wildman–Crippen MR) is 112 cm³/mol. The van der Waals surface area contributed by atoms with Crippen LogP contribution in [-0.4, -0.2) is 51.3 Å². The van der Waals surface area contributed by atoms with Gasteiger partial charge in [0.1, 0.15) is 12.3 Å². The minimum Gasteiger partial charge on any atom is -0.491 e. The highest BCUT2D eigenvalue weighted by Crippen LogP contribution is 2.32. The molecule has 8 heteroatoms. The van der Waals surface area contributed by atoms with Gasteiger partial charge in [-0.25, -0.2) is 0 Å². The second kappa shape index (κ2) is 8.71. The minimum absolute atomic E-state index is 0.103. The van der Waals surface area contributed by atoms with Crippen LogP contribution in [0, 0.1) is 0 Å². The van der Waals surface area contributed by atoms with Crippen LogP contribution in [0.2, 0.25) is 5.02 Å². The van der Waals surface area contributed by atoms with Crippen molar-refractivity contribution in [3.05, 3.63) is 47.5 Å². The molecule has 0 aliphatic carbocycles. The number of para-hydroxylation sites is 2. The van der Waals surface area contributed by atoms with Gasteiger partial charge in [0, 0.05) is 18.1 Å². The Balaban J connectivity index is 1.54. The van der Waals surface area contributed by atoms with Gasteiger partial charge in [0.25, 0.3) is 0 Å². The van der Waals surface area contributed by atoms with Crippen molar-refractivity contribution in [2.24, 2.45) is 0 Å². The van der Waals surface area contributed by atoms with E-state index >= 15 is 0 Å². The molecule has 152 valence electrons. The summed E-state index contributed by atoms with van der Waals surface area (Å²) in [5, 5.41) is 3.46. The van der Waals surface area contributed by atoms with Crippen LogP contribution in [0.3, 0.4) is 0 Å². The molecule has 4 rings (SSSR count). The number of hydrogen-bond donors (Lipinski definition) is 1. The molecule has 0 atom stereocenters. The number of morpholine rings is 1. The molecule has 0 radical (unpaired) electrons. The van der Waals surface area contributed by atoms with Gasteiger partial charge < -0.3 is 19.7 Å². The number of rotatable bonds is 4. The molecule has 0 bridgehead atoms. The van der Waals surface area contributed by atoms with E-state index in [1.54, 1.807) is 24.3 Å². The topological polar surface area (TPSA) is 71.1 Å². The zero-order valence-electron chi connectivity index (χ0n) is 15.9. The fourth-order valence-electron chi connectivity index (χ4n) is 3.51. The number of nitrogens with zero attached hydrogens (tertiary/aromatic N) is 2. The normalized spacial score (nSPS) is 16.7. The highest BCUT2D eigenvalue weighted by atomic mass is 35.5. The van der Waals surface area contributed by atoms with Crippen molar-refractivity contribution >= 4 is 40.5 Å². The van der Waals surface area contributed by atoms with Gasteiger partial charge >= 0.3 is 0 Å². The van der Waals surface area contributed by atoms with E-state index in [0.29, 0.717) is 42.0 Å². The van der Waals surface area contributed by atoms with Crippen LogP contribution in [0.25, 0.3) is 0 Å². The summed E-state index contributed by atoms with van der Waals surface area (Å²) in [5.74, 6) is 0.152. The molecular formula is C21H22ClN3O4. The molecule has 2 aromatic rings. The molecular weight excluding hydrogens is 394 g/mol. The van der Waals surface area contributed by atoms with E-state index in [-0.39, 0.29) is 24.8 Å². The Morgan fingerprint density at radius 1 is 1.07 bits per heavy atom. The Morgan fingerprint density at radius 3 is 2.69 bits per heavy atom. The van der Waals surface area contributed by atoms with E-state index in [1.807, 2.05) is 18.2 Å². The van der Waals surface area contributed by atoms with Gasteiger partial charge in [-0.3, -0.25) is 14.5 Å². The van der Waals surface area contributed by atoms with E-state index in [9.17, 15) is 9.59 Å². The van der Waals surface area contributed by atoms with Crippen LogP contribution >= 0.6 is 11.6 Å². The molecule has 0 saturated carbocycles. The third-order valence-corrected chi connectivity index (χ3v) is 5.15. The fraction of sp³-hybridized carbons (Fsp3) is 0.333. The number of nitrogens with one attached hydrogen (secondary N) is 1. The molecule has 1 fully saturated rings. The van der Waals surface area contributed by atoms with Crippen molar-refractivity contribution in [3.8, 4) is 5.75 Å². The van der Waals surface area contributed by atoms with Crippen LogP contribution in [-0.2, 0) is 14.3 Å². The largest absolute Gasteiger partial charge is 0.491 e. The fourth-order valence-corrected chi connectivity index (χ4v) is 3.69. The summed E-state index contributed by atoms with van der Waals surface area (Å²) in [5.41, 5.74) is 2.11. The maximum absolute atomic E-state index is 12.9. The van der Waals surface area contributed by atoms with Crippen LogP contribution in [0.4, 0.5) is 17.1 Å². The molecule has 0 unspecified atom stereocenters. The first-order valence-corrected chi connectivity index (χ1v) is 9.94. The Hall–Kier alpha value is -2.77. The number of ether oxygens (including phenoxy) is 2. The monoisotopic (exact) mass is 415 g/mol. The standard InChI is InChI=1S/C21H22ClN3O4/c22-15-5-6-17(24-8-11-28-12-9-24)16(13-15)23-20(26)14-25-18-3-1-2-4-19(18)29-10-7-21(25)27/h1-6,13H,7-12,14H2,(H,23,26). The molecule has 1 N–H and O–H groups in total. The second-order valence-corrected chi connectivity index (χ2v) is 7.29. The van der Waals surface area contributed by atoms with Crippen LogP contribution in [0.15, 0.2) is 42.5 Å².